The zero-order valence-electron chi connectivity index (χ0n) is 19.8. The van der Waals surface area contributed by atoms with Gasteiger partial charge in [0.2, 0.25) is 5.91 Å². The summed E-state index contributed by atoms with van der Waals surface area (Å²) in [6.07, 6.45) is 8.84. The number of hydrogen-bond acceptors (Lipinski definition) is 4. The Morgan fingerprint density at radius 3 is 2.97 bits per heavy atom. The number of aromatic nitrogens is 1. The molecule has 5 atom stereocenters. The number of carbonyl (C=O) groups is 1. The summed E-state index contributed by atoms with van der Waals surface area (Å²) in [7, 11) is 0. The molecule has 4 N–H and O–H groups in total. The van der Waals surface area contributed by atoms with Crippen molar-refractivity contribution in [3.63, 3.8) is 0 Å². The van der Waals surface area contributed by atoms with Gasteiger partial charge in [-0.05, 0) is 74.1 Å². The Labute approximate surface area is 204 Å². The summed E-state index contributed by atoms with van der Waals surface area (Å²) in [6, 6.07) is 11.8. The standard InChI is InChI=1S/C29H32N2O4/c32-23-11-10-17-15-19-6-4-13-28-25(17)26(23)35-27(28)22(12-14-29(19,28)34)31-24(33)9-3-5-18-16-30-21-8-2-1-7-20(18)21/h1-2,7-8,10-11,16,19,22,27,30,32,34H,3-6,9,12-15H2,(H,31,33)/t19-,22-,27+,28+,29-/m1/s1. The number of hydrogen-bond donors (Lipinski definition) is 4. The molecule has 2 aromatic carbocycles. The van der Waals surface area contributed by atoms with Crippen molar-refractivity contribution in [1.82, 2.24) is 10.3 Å². The number of amides is 1. The molecular formula is C29H32N2O4. The fourth-order valence-electron chi connectivity index (χ4n) is 8.06. The molecule has 2 heterocycles. The number of aromatic hydroxyl groups is 1. The Kier molecular flexibility index (Phi) is 4.57. The van der Waals surface area contributed by atoms with Crippen molar-refractivity contribution in [2.45, 2.75) is 80.9 Å². The Morgan fingerprint density at radius 1 is 1.17 bits per heavy atom. The van der Waals surface area contributed by atoms with E-state index in [2.05, 4.69) is 22.4 Å². The molecule has 2 saturated carbocycles. The van der Waals surface area contributed by atoms with Gasteiger partial charge in [-0.1, -0.05) is 30.7 Å². The lowest BCUT2D eigenvalue weighted by Crippen LogP contribution is -2.72. The SMILES string of the molecule is O=C(CCCc1c[nH]c2ccccc12)N[C@@H]1CC[C@@]2(O)[C@@H]3CCC[C@@]24c2c(ccc(O)c2O[C@@H]14)C3. The molecule has 0 saturated heterocycles. The maximum absolute atomic E-state index is 13.1. The van der Waals surface area contributed by atoms with Crippen LogP contribution in [0, 0.1) is 5.92 Å². The summed E-state index contributed by atoms with van der Waals surface area (Å²) < 4.78 is 6.47. The molecule has 1 aromatic heterocycles. The number of nitrogens with one attached hydrogen (secondary N) is 2. The maximum Gasteiger partial charge on any atom is 0.220 e. The molecular weight excluding hydrogens is 440 g/mol. The van der Waals surface area contributed by atoms with Crippen molar-refractivity contribution >= 4 is 16.8 Å². The van der Waals surface area contributed by atoms with E-state index in [0.29, 0.717) is 25.0 Å². The fourth-order valence-corrected chi connectivity index (χ4v) is 8.06. The van der Waals surface area contributed by atoms with Crippen LogP contribution in [0.25, 0.3) is 10.9 Å². The lowest BCUT2D eigenvalue weighted by molar-refractivity contribution is -0.176. The highest BCUT2D eigenvalue weighted by Gasteiger charge is 2.71. The second kappa shape index (κ2) is 7.50. The number of H-pyrrole nitrogens is 1. The summed E-state index contributed by atoms with van der Waals surface area (Å²) in [5, 5.41) is 27.3. The molecule has 1 spiro atoms. The van der Waals surface area contributed by atoms with Gasteiger partial charge in [-0.3, -0.25) is 4.79 Å². The number of carbonyl (C=O) groups excluding carboxylic acids is 1. The highest BCUT2D eigenvalue weighted by Crippen LogP contribution is 2.67. The molecule has 7 rings (SSSR count). The number of phenolic OH excluding ortho intramolecular Hbond substituents is 1. The molecule has 2 fully saturated rings. The molecule has 0 radical (unpaired) electrons. The van der Waals surface area contributed by atoms with Crippen molar-refractivity contribution in [3.05, 3.63) is 59.3 Å². The van der Waals surface area contributed by atoms with Crippen LogP contribution in [-0.4, -0.2) is 38.9 Å². The monoisotopic (exact) mass is 472 g/mol. The van der Waals surface area contributed by atoms with Gasteiger partial charge < -0.3 is 25.3 Å². The zero-order chi connectivity index (χ0) is 23.8. The van der Waals surface area contributed by atoms with Crippen molar-refractivity contribution in [2.24, 2.45) is 5.92 Å². The molecule has 3 aliphatic carbocycles. The zero-order valence-corrected chi connectivity index (χ0v) is 19.8. The van der Waals surface area contributed by atoms with Gasteiger partial charge in [-0.2, -0.15) is 0 Å². The van der Waals surface area contributed by atoms with Crippen LogP contribution in [0.5, 0.6) is 11.5 Å². The quantitative estimate of drug-likeness (QED) is 0.446. The number of ether oxygens (including phenoxy) is 1. The van der Waals surface area contributed by atoms with Crippen LogP contribution in [0.1, 0.15) is 61.6 Å². The molecule has 182 valence electrons. The molecule has 6 heteroatoms. The normalized spacial score (nSPS) is 32.2. The first-order valence-electron chi connectivity index (χ1n) is 13.1. The number of rotatable bonds is 5. The third-order valence-corrected chi connectivity index (χ3v) is 9.51. The Morgan fingerprint density at radius 2 is 2.06 bits per heavy atom. The maximum atomic E-state index is 13.1. The predicted molar refractivity (Wildman–Crippen MR) is 133 cm³/mol. The molecule has 35 heavy (non-hydrogen) atoms. The van der Waals surface area contributed by atoms with E-state index < -0.39 is 11.0 Å². The molecule has 4 aliphatic rings. The number of aryl methyl sites for hydroxylation is 1. The molecule has 1 amide bonds. The van der Waals surface area contributed by atoms with E-state index in [1.165, 1.54) is 16.5 Å². The van der Waals surface area contributed by atoms with Gasteiger partial charge in [0.05, 0.1) is 17.1 Å². The highest BCUT2D eigenvalue weighted by molar-refractivity contribution is 5.83. The number of aromatic amines is 1. The number of aliphatic hydroxyl groups is 1. The van der Waals surface area contributed by atoms with Crippen LogP contribution in [0.15, 0.2) is 42.6 Å². The van der Waals surface area contributed by atoms with Crippen LogP contribution in [0.4, 0.5) is 0 Å². The van der Waals surface area contributed by atoms with Gasteiger partial charge in [0.1, 0.15) is 6.10 Å². The average molecular weight is 473 g/mol. The van der Waals surface area contributed by atoms with Gasteiger partial charge in [0, 0.05) is 29.1 Å². The van der Waals surface area contributed by atoms with E-state index in [1.54, 1.807) is 6.07 Å². The average Bonchev–Trinajstić information content (AvgIpc) is 3.41. The summed E-state index contributed by atoms with van der Waals surface area (Å²) >= 11 is 0. The highest BCUT2D eigenvalue weighted by atomic mass is 16.5. The number of fused-ring (bicyclic) bond motifs is 1. The van der Waals surface area contributed by atoms with E-state index in [4.69, 9.17) is 4.74 Å². The minimum Gasteiger partial charge on any atom is -0.504 e. The fraction of sp³-hybridized carbons (Fsp3) is 0.483. The van der Waals surface area contributed by atoms with Gasteiger partial charge in [0.15, 0.2) is 11.5 Å². The summed E-state index contributed by atoms with van der Waals surface area (Å²) in [5.74, 6) is 0.913. The largest absolute Gasteiger partial charge is 0.504 e. The molecule has 3 aromatic rings. The topological polar surface area (TPSA) is 94.6 Å². The van der Waals surface area contributed by atoms with Gasteiger partial charge >= 0.3 is 0 Å². The molecule has 6 nitrogen and oxygen atoms in total. The Balaban J connectivity index is 1.11. The smallest absolute Gasteiger partial charge is 0.220 e. The Bertz CT molecular complexity index is 1330. The van der Waals surface area contributed by atoms with Crippen molar-refractivity contribution in [1.29, 1.82) is 0 Å². The van der Waals surface area contributed by atoms with E-state index in [1.807, 2.05) is 24.4 Å². The van der Waals surface area contributed by atoms with Gasteiger partial charge in [-0.25, -0.2) is 0 Å². The first-order valence-corrected chi connectivity index (χ1v) is 13.1. The van der Waals surface area contributed by atoms with E-state index in [9.17, 15) is 15.0 Å². The third kappa shape index (κ3) is 2.83. The lowest BCUT2D eigenvalue weighted by atomic mass is 9.45. The summed E-state index contributed by atoms with van der Waals surface area (Å²) in [5.41, 5.74) is 3.19. The molecule has 0 unspecified atom stereocenters. The van der Waals surface area contributed by atoms with Gasteiger partial charge in [0.25, 0.3) is 0 Å². The Hall–Kier alpha value is -2.99. The second-order valence-electron chi connectivity index (χ2n) is 11.1. The minimum absolute atomic E-state index is 0.0313. The first-order chi connectivity index (χ1) is 17.0. The van der Waals surface area contributed by atoms with Gasteiger partial charge in [-0.15, -0.1) is 0 Å². The molecule has 1 aliphatic heterocycles. The van der Waals surface area contributed by atoms with Crippen LogP contribution in [0.3, 0.4) is 0 Å². The summed E-state index contributed by atoms with van der Waals surface area (Å²) in [6.45, 7) is 0. The second-order valence-corrected chi connectivity index (χ2v) is 11.1. The van der Waals surface area contributed by atoms with Crippen LogP contribution >= 0.6 is 0 Å². The van der Waals surface area contributed by atoms with Crippen LogP contribution < -0.4 is 10.1 Å². The predicted octanol–water partition coefficient (Wildman–Crippen LogP) is 4.26. The summed E-state index contributed by atoms with van der Waals surface area (Å²) in [4.78, 5) is 16.4. The number of para-hydroxylation sites is 1. The van der Waals surface area contributed by atoms with Crippen LogP contribution in [0.2, 0.25) is 0 Å². The van der Waals surface area contributed by atoms with Crippen molar-refractivity contribution in [3.8, 4) is 11.5 Å². The van der Waals surface area contributed by atoms with Crippen molar-refractivity contribution < 1.29 is 19.7 Å². The number of phenols is 1. The molecule has 2 bridgehead atoms. The van der Waals surface area contributed by atoms with E-state index in [0.717, 1.165) is 49.6 Å². The van der Waals surface area contributed by atoms with Crippen molar-refractivity contribution in [2.75, 3.05) is 0 Å². The first kappa shape index (κ1) is 21.3. The third-order valence-electron chi connectivity index (χ3n) is 9.51. The number of benzene rings is 2. The lowest BCUT2D eigenvalue weighted by Gasteiger charge is -2.61. The van der Waals surface area contributed by atoms with E-state index >= 15 is 0 Å². The van der Waals surface area contributed by atoms with E-state index in [-0.39, 0.29) is 29.7 Å². The van der Waals surface area contributed by atoms with Crippen LogP contribution in [-0.2, 0) is 23.1 Å². The minimum atomic E-state index is -0.835.